The van der Waals surface area contributed by atoms with Gasteiger partial charge in [-0.15, -0.1) is 0 Å². The third-order valence-corrected chi connectivity index (χ3v) is 3.50. The lowest BCUT2D eigenvalue weighted by atomic mass is 10.1. The van der Waals surface area contributed by atoms with Crippen LogP contribution in [0, 0.1) is 0 Å². The molecular formula is C18H19NO4. The van der Waals surface area contributed by atoms with Crippen LogP contribution in [0.15, 0.2) is 54.6 Å². The van der Waals surface area contributed by atoms with Crippen molar-refractivity contribution in [2.45, 2.75) is 13.0 Å². The summed E-state index contributed by atoms with van der Waals surface area (Å²) in [6.45, 7) is 0.789. The van der Waals surface area contributed by atoms with Crippen molar-refractivity contribution in [2.75, 3.05) is 18.6 Å². The van der Waals surface area contributed by atoms with Crippen LogP contribution in [0.1, 0.15) is 22.3 Å². The van der Waals surface area contributed by atoms with Crippen LogP contribution in [-0.2, 0) is 16.1 Å². The van der Waals surface area contributed by atoms with Crippen molar-refractivity contribution < 1.29 is 19.4 Å². The minimum atomic E-state index is -0.854. The Hall–Kier alpha value is -2.82. The van der Waals surface area contributed by atoms with Gasteiger partial charge < -0.3 is 14.7 Å². The van der Waals surface area contributed by atoms with Gasteiger partial charge >= 0.3 is 11.9 Å². The SMILES string of the molecule is COC(=O)c1ccccc1CN(CCC(=O)O)c1ccccc1. The zero-order valence-corrected chi connectivity index (χ0v) is 12.9. The number of esters is 1. The number of carbonyl (C=O) groups excluding carboxylic acids is 1. The first kappa shape index (κ1) is 16.5. The Kier molecular flexibility index (Phi) is 5.74. The number of methoxy groups -OCH3 is 1. The molecule has 0 atom stereocenters. The second kappa shape index (κ2) is 7.98. The van der Waals surface area contributed by atoms with Crippen molar-refractivity contribution in [2.24, 2.45) is 0 Å². The summed E-state index contributed by atoms with van der Waals surface area (Å²) in [5.74, 6) is -1.25. The fraction of sp³-hybridized carbons (Fsp3) is 0.222. The first-order valence-electron chi connectivity index (χ1n) is 7.30. The minimum Gasteiger partial charge on any atom is -0.481 e. The average Bonchev–Trinajstić information content (AvgIpc) is 2.59. The average molecular weight is 313 g/mol. The zero-order valence-electron chi connectivity index (χ0n) is 12.9. The van der Waals surface area contributed by atoms with Crippen LogP contribution < -0.4 is 4.90 Å². The number of nitrogens with zero attached hydrogens (tertiary/aromatic N) is 1. The van der Waals surface area contributed by atoms with Crippen LogP contribution in [-0.4, -0.2) is 30.7 Å². The van der Waals surface area contributed by atoms with E-state index in [1.54, 1.807) is 12.1 Å². The van der Waals surface area contributed by atoms with E-state index in [2.05, 4.69) is 0 Å². The molecule has 120 valence electrons. The van der Waals surface area contributed by atoms with E-state index >= 15 is 0 Å². The quantitative estimate of drug-likeness (QED) is 0.796. The standard InChI is InChI=1S/C18H19NO4/c1-23-18(22)16-10-6-5-7-14(16)13-19(12-11-17(20)21)15-8-3-2-4-9-15/h2-10H,11-13H2,1H3,(H,20,21). The predicted octanol–water partition coefficient (Wildman–Crippen LogP) is 2.95. The monoisotopic (exact) mass is 313 g/mol. The smallest absolute Gasteiger partial charge is 0.338 e. The fourth-order valence-corrected chi connectivity index (χ4v) is 2.34. The van der Waals surface area contributed by atoms with Gasteiger partial charge in [-0.3, -0.25) is 4.79 Å². The highest BCUT2D eigenvalue weighted by Crippen LogP contribution is 2.19. The van der Waals surface area contributed by atoms with Crippen molar-refractivity contribution in [1.29, 1.82) is 0 Å². The molecule has 0 saturated carbocycles. The molecule has 0 unspecified atom stereocenters. The topological polar surface area (TPSA) is 66.8 Å². The summed E-state index contributed by atoms with van der Waals surface area (Å²) in [7, 11) is 1.35. The molecule has 0 aliphatic heterocycles. The van der Waals surface area contributed by atoms with Crippen LogP contribution in [0.4, 0.5) is 5.69 Å². The van der Waals surface area contributed by atoms with Gasteiger partial charge in [-0.2, -0.15) is 0 Å². The molecule has 0 heterocycles. The van der Waals surface area contributed by atoms with Gasteiger partial charge in [0.15, 0.2) is 0 Å². The third-order valence-electron chi connectivity index (χ3n) is 3.50. The van der Waals surface area contributed by atoms with Gasteiger partial charge in [0.25, 0.3) is 0 Å². The molecule has 0 bridgehead atoms. The van der Waals surface area contributed by atoms with Crippen molar-refractivity contribution in [1.82, 2.24) is 0 Å². The van der Waals surface area contributed by atoms with Gasteiger partial charge in [0.05, 0.1) is 19.1 Å². The Labute approximate surface area is 135 Å². The summed E-state index contributed by atoms with van der Waals surface area (Å²) in [6, 6.07) is 16.7. The Bertz CT molecular complexity index is 670. The van der Waals surface area contributed by atoms with Crippen molar-refractivity contribution >= 4 is 17.6 Å². The van der Waals surface area contributed by atoms with Gasteiger partial charge in [-0.05, 0) is 23.8 Å². The van der Waals surface area contributed by atoms with Crippen LogP contribution in [0.3, 0.4) is 0 Å². The summed E-state index contributed by atoms with van der Waals surface area (Å²) in [6.07, 6.45) is 0.0231. The molecule has 23 heavy (non-hydrogen) atoms. The van der Waals surface area contributed by atoms with Crippen LogP contribution >= 0.6 is 0 Å². The molecular weight excluding hydrogens is 294 g/mol. The van der Waals surface area contributed by atoms with E-state index in [0.29, 0.717) is 18.7 Å². The first-order valence-corrected chi connectivity index (χ1v) is 7.30. The molecule has 2 rings (SSSR count). The van der Waals surface area contributed by atoms with Gasteiger partial charge in [-0.25, -0.2) is 4.79 Å². The molecule has 0 fully saturated rings. The van der Waals surface area contributed by atoms with Crippen molar-refractivity contribution in [3.63, 3.8) is 0 Å². The molecule has 0 saturated heterocycles. The fourth-order valence-electron chi connectivity index (χ4n) is 2.34. The number of aliphatic carboxylic acids is 1. The first-order chi connectivity index (χ1) is 11.1. The van der Waals surface area contributed by atoms with E-state index in [9.17, 15) is 9.59 Å². The molecule has 0 aliphatic carbocycles. The normalized spacial score (nSPS) is 10.1. The molecule has 2 aromatic rings. The van der Waals surface area contributed by atoms with Gasteiger partial charge in [0, 0.05) is 18.8 Å². The Morgan fingerprint density at radius 3 is 2.35 bits per heavy atom. The van der Waals surface area contributed by atoms with Crippen molar-refractivity contribution in [3.05, 3.63) is 65.7 Å². The number of benzene rings is 2. The maximum Gasteiger partial charge on any atom is 0.338 e. The van der Waals surface area contributed by atoms with Crippen LogP contribution in [0.5, 0.6) is 0 Å². The number of para-hydroxylation sites is 1. The van der Waals surface area contributed by atoms with E-state index in [-0.39, 0.29) is 6.42 Å². The zero-order chi connectivity index (χ0) is 16.7. The summed E-state index contributed by atoms with van der Waals surface area (Å²) in [5.41, 5.74) is 2.20. The number of hydrogen-bond acceptors (Lipinski definition) is 4. The highest BCUT2D eigenvalue weighted by molar-refractivity contribution is 5.91. The lowest BCUT2D eigenvalue weighted by molar-refractivity contribution is -0.136. The highest BCUT2D eigenvalue weighted by atomic mass is 16.5. The van der Waals surface area contributed by atoms with Crippen molar-refractivity contribution in [3.8, 4) is 0 Å². The highest BCUT2D eigenvalue weighted by Gasteiger charge is 2.15. The van der Waals surface area contributed by atoms with Gasteiger partial charge in [0.1, 0.15) is 0 Å². The van der Waals surface area contributed by atoms with E-state index in [0.717, 1.165) is 11.3 Å². The molecule has 0 amide bonds. The number of hydrogen-bond donors (Lipinski definition) is 1. The van der Waals surface area contributed by atoms with Gasteiger partial charge in [0.2, 0.25) is 0 Å². The molecule has 5 nitrogen and oxygen atoms in total. The summed E-state index contributed by atoms with van der Waals surface area (Å²) >= 11 is 0. The summed E-state index contributed by atoms with van der Waals surface area (Å²) in [5, 5.41) is 8.96. The molecule has 0 radical (unpaired) electrons. The maximum atomic E-state index is 11.9. The summed E-state index contributed by atoms with van der Waals surface area (Å²) in [4.78, 5) is 24.7. The van der Waals surface area contributed by atoms with E-state index < -0.39 is 11.9 Å². The number of carbonyl (C=O) groups is 2. The molecule has 1 N–H and O–H groups in total. The Morgan fingerprint density at radius 1 is 1.04 bits per heavy atom. The molecule has 0 spiro atoms. The number of ether oxygens (including phenoxy) is 1. The summed E-state index contributed by atoms with van der Waals surface area (Å²) < 4.78 is 4.81. The Morgan fingerprint density at radius 2 is 1.70 bits per heavy atom. The van der Waals surface area contributed by atoms with E-state index in [4.69, 9.17) is 9.84 Å². The number of carboxylic acid groups (broad SMARTS) is 1. The van der Waals surface area contributed by atoms with E-state index in [1.165, 1.54) is 7.11 Å². The van der Waals surface area contributed by atoms with Gasteiger partial charge in [-0.1, -0.05) is 36.4 Å². The third kappa shape index (κ3) is 4.57. The van der Waals surface area contributed by atoms with E-state index in [1.807, 2.05) is 47.4 Å². The molecule has 0 aliphatic rings. The number of carboxylic acids is 1. The minimum absolute atomic E-state index is 0.0231. The van der Waals surface area contributed by atoms with Crippen LogP contribution in [0.2, 0.25) is 0 Å². The lowest BCUT2D eigenvalue weighted by Gasteiger charge is -2.25. The largest absolute Gasteiger partial charge is 0.481 e. The maximum absolute atomic E-state index is 11.9. The van der Waals surface area contributed by atoms with Crippen LogP contribution in [0.25, 0.3) is 0 Å². The number of rotatable bonds is 7. The predicted molar refractivity (Wildman–Crippen MR) is 87.5 cm³/mol. The second-order valence-corrected chi connectivity index (χ2v) is 5.05. The molecule has 0 aromatic heterocycles. The lowest BCUT2D eigenvalue weighted by Crippen LogP contribution is -2.26. The molecule has 2 aromatic carbocycles. The molecule has 5 heteroatoms. The Balaban J connectivity index is 2.27. The number of anilines is 1. The second-order valence-electron chi connectivity index (χ2n) is 5.05.